The first-order valence-corrected chi connectivity index (χ1v) is 7.21. The third kappa shape index (κ3) is 3.21. The van der Waals surface area contributed by atoms with Crippen molar-refractivity contribution in [2.24, 2.45) is 5.92 Å². The van der Waals surface area contributed by atoms with E-state index in [0.717, 1.165) is 16.9 Å². The van der Waals surface area contributed by atoms with Crippen LogP contribution in [0.1, 0.15) is 40.8 Å². The number of aryl methyl sites for hydroxylation is 1. The van der Waals surface area contributed by atoms with E-state index in [0.29, 0.717) is 5.92 Å². The average Bonchev–Trinajstić information content (AvgIpc) is 2.75. The largest absolute Gasteiger partial charge is 0.383 e. The lowest BCUT2D eigenvalue weighted by atomic mass is 10.00. The van der Waals surface area contributed by atoms with Crippen molar-refractivity contribution in [2.45, 2.75) is 33.3 Å². The van der Waals surface area contributed by atoms with Gasteiger partial charge in [0.2, 0.25) is 0 Å². The van der Waals surface area contributed by atoms with Crippen LogP contribution in [-0.4, -0.2) is 5.11 Å². The molecule has 96 valence electrons. The van der Waals surface area contributed by atoms with Gasteiger partial charge in [0.1, 0.15) is 6.10 Å². The topological polar surface area (TPSA) is 20.2 Å². The van der Waals surface area contributed by atoms with Gasteiger partial charge < -0.3 is 5.11 Å². The summed E-state index contributed by atoms with van der Waals surface area (Å²) in [6, 6.07) is 12.4. The van der Waals surface area contributed by atoms with E-state index in [9.17, 15) is 5.11 Å². The number of hydrogen-bond acceptors (Lipinski definition) is 2. The van der Waals surface area contributed by atoms with Gasteiger partial charge >= 0.3 is 0 Å². The summed E-state index contributed by atoms with van der Waals surface area (Å²) in [5.41, 5.74) is 2.31. The van der Waals surface area contributed by atoms with Gasteiger partial charge in [0.05, 0.1) is 0 Å². The van der Waals surface area contributed by atoms with Crippen molar-refractivity contribution in [1.82, 2.24) is 0 Å². The smallest absolute Gasteiger partial charge is 0.113 e. The Bertz CT molecular complexity index is 496. The van der Waals surface area contributed by atoms with Crippen molar-refractivity contribution in [3.8, 4) is 0 Å². The lowest BCUT2D eigenvalue weighted by Gasteiger charge is -2.10. The molecule has 0 amide bonds. The number of hydrogen-bond donors (Lipinski definition) is 1. The zero-order valence-corrected chi connectivity index (χ0v) is 12.0. The molecular weight excluding hydrogens is 240 g/mol. The van der Waals surface area contributed by atoms with Crippen molar-refractivity contribution in [3.63, 3.8) is 0 Å². The van der Waals surface area contributed by atoms with Gasteiger partial charge in [0, 0.05) is 9.75 Å². The van der Waals surface area contributed by atoms with Gasteiger partial charge in [-0.15, -0.1) is 11.3 Å². The van der Waals surface area contributed by atoms with Crippen LogP contribution < -0.4 is 0 Å². The second-order valence-corrected chi connectivity index (χ2v) is 6.51. The minimum absolute atomic E-state index is 0.489. The van der Waals surface area contributed by atoms with Gasteiger partial charge in [-0.3, -0.25) is 0 Å². The molecule has 0 saturated heterocycles. The molecule has 1 nitrogen and oxygen atoms in total. The molecule has 18 heavy (non-hydrogen) atoms. The van der Waals surface area contributed by atoms with Gasteiger partial charge in [-0.2, -0.15) is 0 Å². The summed E-state index contributed by atoms with van der Waals surface area (Å²) in [7, 11) is 0. The monoisotopic (exact) mass is 260 g/mol. The number of aliphatic hydroxyl groups excluding tert-OH is 1. The highest BCUT2D eigenvalue weighted by Crippen LogP contribution is 2.28. The second-order valence-electron chi connectivity index (χ2n) is 5.19. The van der Waals surface area contributed by atoms with E-state index in [-0.39, 0.29) is 0 Å². The van der Waals surface area contributed by atoms with E-state index in [4.69, 9.17) is 0 Å². The van der Waals surface area contributed by atoms with Crippen LogP contribution in [0.25, 0.3) is 0 Å². The zero-order chi connectivity index (χ0) is 13.1. The van der Waals surface area contributed by atoms with E-state index >= 15 is 0 Å². The summed E-state index contributed by atoms with van der Waals surface area (Å²) in [5, 5.41) is 10.3. The molecule has 2 heteroatoms. The van der Waals surface area contributed by atoms with Crippen molar-refractivity contribution in [1.29, 1.82) is 0 Å². The predicted octanol–water partition coefficient (Wildman–Crippen LogP) is 4.34. The van der Waals surface area contributed by atoms with Crippen molar-refractivity contribution < 1.29 is 5.11 Å². The van der Waals surface area contributed by atoms with E-state index in [2.05, 4.69) is 39.0 Å². The molecule has 0 saturated carbocycles. The molecule has 1 aromatic carbocycles. The summed E-state index contributed by atoms with van der Waals surface area (Å²) in [4.78, 5) is 2.25. The number of thiophene rings is 1. The normalized spacial score (nSPS) is 12.9. The first-order chi connectivity index (χ1) is 8.56. The second kappa shape index (κ2) is 5.68. The summed E-state index contributed by atoms with van der Waals surface area (Å²) < 4.78 is 0. The maximum absolute atomic E-state index is 10.3. The first-order valence-electron chi connectivity index (χ1n) is 6.39. The summed E-state index contributed by atoms with van der Waals surface area (Å²) in [5.74, 6) is 0.667. The fraction of sp³-hybridized carbons (Fsp3) is 0.375. The van der Waals surface area contributed by atoms with Crippen LogP contribution in [0, 0.1) is 12.8 Å². The standard InChI is InChI=1S/C16H20OS/c1-11(2)10-13-5-7-14(8-6-13)16(17)15-9-4-12(3)18-15/h4-9,11,16-17H,10H2,1-3H3. The highest BCUT2D eigenvalue weighted by molar-refractivity contribution is 7.12. The van der Waals surface area contributed by atoms with Gasteiger partial charge in [-0.25, -0.2) is 0 Å². The third-order valence-corrected chi connectivity index (χ3v) is 4.02. The van der Waals surface area contributed by atoms with Crippen molar-refractivity contribution >= 4 is 11.3 Å². The molecular formula is C16H20OS. The predicted molar refractivity (Wildman–Crippen MR) is 78.1 cm³/mol. The summed E-state index contributed by atoms with van der Waals surface area (Å²) in [6.45, 7) is 6.50. The van der Waals surface area contributed by atoms with Crippen LogP contribution >= 0.6 is 11.3 Å². The van der Waals surface area contributed by atoms with Crippen LogP contribution in [0.2, 0.25) is 0 Å². The molecule has 1 aromatic heterocycles. The molecule has 0 aliphatic rings. The summed E-state index contributed by atoms with van der Waals surface area (Å²) in [6.07, 6.45) is 0.603. The molecule has 1 heterocycles. The minimum atomic E-state index is -0.489. The minimum Gasteiger partial charge on any atom is -0.383 e. The summed E-state index contributed by atoms with van der Waals surface area (Å²) >= 11 is 1.66. The lowest BCUT2D eigenvalue weighted by molar-refractivity contribution is 0.224. The van der Waals surface area contributed by atoms with Crippen molar-refractivity contribution in [3.05, 3.63) is 57.3 Å². The molecule has 0 radical (unpaired) electrons. The number of aliphatic hydroxyl groups is 1. The maximum Gasteiger partial charge on any atom is 0.113 e. The molecule has 2 rings (SSSR count). The van der Waals surface area contributed by atoms with E-state index in [1.54, 1.807) is 11.3 Å². The molecule has 0 aliphatic carbocycles. The van der Waals surface area contributed by atoms with Crippen LogP contribution in [-0.2, 0) is 6.42 Å². The van der Waals surface area contributed by atoms with E-state index < -0.39 is 6.10 Å². The van der Waals surface area contributed by atoms with Crippen molar-refractivity contribution in [2.75, 3.05) is 0 Å². The SMILES string of the molecule is Cc1ccc(C(O)c2ccc(CC(C)C)cc2)s1. The van der Waals surface area contributed by atoms with E-state index in [1.165, 1.54) is 10.4 Å². The molecule has 0 bridgehead atoms. The fourth-order valence-electron chi connectivity index (χ4n) is 2.07. The molecule has 0 aliphatic heterocycles. The Morgan fingerprint density at radius 3 is 2.22 bits per heavy atom. The molecule has 1 N–H and O–H groups in total. The van der Waals surface area contributed by atoms with Crippen LogP contribution in [0.4, 0.5) is 0 Å². The molecule has 2 aromatic rings. The van der Waals surface area contributed by atoms with Crippen LogP contribution in [0.15, 0.2) is 36.4 Å². The van der Waals surface area contributed by atoms with Gasteiger partial charge in [-0.1, -0.05) is 38.1 Å². The van der Waals surface area contributed by atoms with Gasteiger partial charge in [0.25, 0.3) is 0 Å². The Kier molecular flexibility index (Phi) is 4.20. The Morgan fingerprint density at radius 2 is 1.72 bits per heavy atom. The Morgan fingerprint density at radius 1 is 1.06 bits per heavy atom. The third-order valence-electron chi connectivity index (χ3n) is 2.97. The molecule has 1 atom stereocenters. The molecule has 0 spiro atoms. The number of rotatable bonds is 4. The quantitative estimate of drug-likeness (QED) is 0.867. The highest BCUT2D eigenvalue weighted by atomic mass is 32.1. The zero-order valence-electron chi connectivity index (χ0n) is 11.2. The first kappa shape index (κ1) is 13.3. The fourth-order valence-corrected chi connectivity index (χ4v) is 2.96. The average molecular weight is 260 g/mol. The maximum atomic E-state index is 10.3. The Balaban J connectivity index is 2.14. The van der Waals surface area contributed by atoms with Gasteiger partial charge in [0.15, 0.2) is 0 Å². The Labute approximate surface area is 113 Å². The van der Waals surface area contributed by atoms with Gasteiger partial charge in [-0.05, 0) is 42.5 Å². The Hall–Kier alpha value is -1.12. The molecule has 0 fully saturated rings. The number of benzene rings is 1. The molecule has 1 unspecified atom stereocenters. The van der Waals surface area contributed by atoms with Crippen LogP contribution in [0.3, 0.4) is 0 Å². The van der Waals surface area contributed by atoms with E-state index in [1.807, 2.05) is 18.2 Å². The lowest BCUT2D eigenvalue weighted by Crippen LogP contribution is -1.98. The highest BCUT2D eigenvalue weighted by Gasteiger charge is 2.12. The van der Waals surface area contributed by atoms with Crippen LogP contribution in [0.5, 0.6) is 0 Å².